The van der Waals surface area contributed by atoms with Crippen molar-refractivity contribution in [1.29, 1.82) is 0 Å². The summed E-state index contributed by atoms with van der Waals surface area (Å²) in [6.07, 6.45) is 5.76. The van der Waals surface area contributed by atoms with Gasteiger partial charge in [0.25, 0.3) is 11.8 Å². The van der Waals surface area contributed by atoms with Gasteiger partial charge in [-0.15, -0.1) is 5.10 Å². The lowest BCUT2D eigenvalue weighted by Gasteiger charge is -2.32. The second-order valence-electron chi connectivity index (χ2n) is 11.0. The zero-order chi connectivity index (χ0) is 27.4. The van der Waals surface area contributed by atoms with Gasteiger partial charge in [0.1, 0.15) is 5.82 Å². The summed E-state index contributed by atoms with van der Waals surface area (Å²) in [4.78, 5) is 52.0. The molecule has 2 saturated carbocycles. The first-order chi connectivity index (χ1) is 18.2. The van der Waals surface area contributed by atoms with Crippen molar-refractivity contribution < 1.29 is 23.2 Å². The minimum Gasteiger partial charge on any atom is -0.384 e. The molecule has 2 aromatic rings. The second-order valence-corrected chi connectivity index (χ2v) is 11.0. The summed E-state index contributed by atoms with van der Waals surface area (Å²) in [6, 6.07) is 2.75. The van der Waals surface area contributed by atoms with Gasteiger partial charge in [0, 0.05) is 11.6 Å². The van der Waals surface area contributed by atoms with Gasteiger partial charge >= 0.3 is 5.76 Å². The Morgan fingerprint density at radius 3 is 2.58 bits per heavy atom. The van der Waals surface area contributed by atoms with E-state index in [9.17, 15) is 23.6 Å². The molecular formula is C28H37FN4O5. The molecule has 206 valence electrons. The van der Waals surface area contributed by atoms with Crippen molar-refractivity contribution in [3.05, 3.63) is 51.6 Å². The summed E-state index contributed by atoms with van der Waals surface area (Å²) in [5, 5.41) is 9.96. The molecule has 0 spiro atoms. The molecule has 38 heavy (non-hydrogen) atoms. The highest BCUT2D eigenvalue weighted by molar-refractivity contribution is 5.99. The largest absolute Gasteiger partial charge is 0.437 e. The summed E-state index contributed by atoms with van der Waals surface area (Å²) in [5.74, 6) is -2.63. The minimum absolute atomic E-state index is 0.0809. The first-order valence-corrected chi connectivity index (χ1v) is 13.7. The van der Waals surface area contributed by atoms with Gasteiger partial charge in [0.2, 0.25) is 11.7 Å². The predicted octanol–water partition coefficient (Wildman–Crippen LogP) is 3.65. The fourth-order valence-corrected chi connectivity index (χ4v) is 5.14. The zero-order valence-electron chi connectivity index (χ0n) is 22.3. The number of rotatable bonds is 11. The van der Waals surface area contributed by atoms with E-state index in [1.807, 2.05) is 20.8 Å². The number of nitrogens with one attached hydrogen (secondary N) is 2. The molecule has 2 amide bonds. The Kier molecular flexibility index (Phi) is 8.79. The molecule has 9 nitrogen and oxygen atoms in total. The maximum absolute atomic E-state index is 13.7. The van der Waals surface area contributed by atoms with Gasteiger partial charge in [-0.2, -0.15) is 4.68 Å². The van der Waals surface area contributed by atoms with Crippen molar-refractivity contribution >= 4 is 17.6 Å². The summed E-state index contributed by atoms with van der Waals surface area (Å²) in [5.41, 5.74) is 0.993. The molecule has 4 rings (SSSR count). The Morgan fingerprint density at radius 1 is 1.16 bits per heavy atom. The Hall–Kier alpha value is -3.30. The van der Waals surface area contributed by atoms with E-state index in [-0.39, 0.29) is 23.6 Å². The normalized spacial score (nSPS) is 20.2. The van der Waals surface area contributed by atoms with Crippen molar-refractivity contribution in [2.24, 2.45) is 17.8 Å². The zero-order valence-corrected chi connectivity index (χ0v) is 22.3. The molecule has 1 unspecified atom stereocenters. The topological polar surface area (TPSA) is 123 Å². The van der Waals surface area contributed by atoms with E-state index in [0.29, 0.717) is 49.3 Å². The highest BCUT2D eigenvalue weighted by Gasteiger charge is 2.36. The predicted molar refractivity (Wildman–Crippen MR) is 138 cm³/mol. The smallest absolute Gasteiger partial charge is 0.384 e. The van der Waals surface area contributed by atoms with Gasteiger partial charge in [-0.1, -0.05) is 33.6 Å². The standard InChI is InChI=1S/C28H37FN4O5/c1-4-18-14-19(29)11-12-20(18)25(35)30-22-8-6-5-7-21(22)26(36)31-23(13-16(2)3)24(34)27-32-33(28(37)38-27)15-17-9-10-17/h11-12,14,16-17,21-23H,4-10,13,15H2,1-3H3,(H,30,35)(H,31,36)/t21-,22+,23?/m1/s1. The van der Waals surface area contributed by atoms with Crippen molar-refractivity contribution in [2.75, 3.05) is 0 Å². The van der Waals surface area contributed by atoms with E-state index < -0.39 is 35.4 Å². The van der Waals surface area contributed by atoms with Gasteiger partial charge in [0.15, 0.2) is 0 Å². The van der Waals surface area contributed by atoms with Gasteiger partial charge in [-0.3, -0.25) is 14.4 Å². The number of ketones is 1. The van der Waals surface area contributed by atoms with Crippen LogP contribution >= 0.6 is 0 Å². The van der Waals surface area contributed by atoms with Crippen LogP contribution in [-0.2, 0) is 17.8 Å². The molecule has 1 heterocycles. The maximum atomic E-state index is 13.7. The van der Waals surface area contributed by atoms with E-state index in [0.717, 1.165) is 25.7 Å². The molecule has 0 radical (unpaired) electrons. The number of nitrogens with zero attached hydrogens (tertiary/aromatic N) is 2. The van der Waals surface area contributed by atoms with Crippen LogP contribution in [0.4, 0.5) is 4.39 Å². The number of Topliss-reactive ketones (excluding diaryl/α,β-unsaturated/α-hetero) is 1. The number of aromatic nitrogens is 2. The fraction of sp³-hybridized carbons (Fsp3) is 0.607. The number of halogens is 1. The molecule has 2 aliphatic carbocycles. The lowest BCUT2D eigenvalue weighted by atomic mass is 9.83. The molecule has 2 aliphatic rings. The average Bonchev–Trinajstić information content (AvgIpc) is 3.63. The van der Waals surface area contributed by atoms with Crippen LogP contribution in [0.5, 0.6) is 0 Å². The number of hydrogen-bond acceptors (Lipinski definition) is 6. The molecule has 0 aliphatic heterocycles. The molecule has 0 bridgehead atoms. The molecule has 10 heteroatoms. The summed E-state index contributed by atoms with van der Waals surface area (Å²) >= 11 is 0. The van der Waals surface area contributed by atoms with Gasteiger partial charge in [-0.05, 0) is 74.1 Å². The molecule has 1 aromatic carbocycles. The molecular weight excluding hydrogens is 491 g/mol. The molecule has 2 fully saturated rings. The third kappa shape index (κ3) is 6.76. The molecule has 1 aromatic heterocycles. The van der Waals surface area contributed by atoms with E-state index in [4.69, 9.17) is 4.42 Å². The maximum Gasteiger partial charge on any atom is 0.437 e. The SMILES string of the molecule is CCc1cc(F)ccc1C(=O)N[C@H]1CCCC[C@H]1C(=O)NC(CC(C)C)C(=O)c1nn(CC2CC2)c(=O)o1. The Labute approximate surface area is 221 Å². The van der Waals surface area contributed by atoms with Crippen molar-refractivity contribution in [3.63, 3.8) is 0 Å². The first kappa shape index (κ1) is 27.7. The van der Waals surface area contributed by atoms with E-state index in [2.05, 4.69) is 15.7 Å². The minimum atomic E-state index is -0.906. The fourth-order valence-electron chi connectivity index (χ4n) is 5.14. The first-order valence-electron chi connectivity index (χ1n) is 13.7. The van der Waals surface area contributed by atoms with Crippen molar-refractivity contribution in [1.82, 2.24) is 20.4 Å². The Morgan fingerprint density at radius 2 is 1.89 bits per heavy atom. The van der Waals surface area contributed by atoms with Gasteiger partial charge in [0.05, 0.1) is 18.5 Å². The number of carbonyl (C=O) groups excluding carboxylic acids is 3. The number of amides is 2. The van der Waals surface area contributed by atoms with Crippen LogP contribution in [-0.4, -0.2) is 39.5 Å². The number of aryl methyl sites for hydroxylation is 1. The van der Waals surface area contributed by atoms with Crippen molar-refractivity contribution in [3.8, 4) is 0 Å². The molecule has 0 saturated heterocycles. The van der Waals surface area contributed by atoms with E-state index in [1.165, 1.54) is 22.9 Å². The van der Waals surface area contributed by atoms with Crippen LogP contribution in [0, 0.1) is 23.6 Å². The average molecular weight is 529 g/mol. The third-order valence-electron chi connectivity index (χ3n) is 7.40. The van der Waals surface area contributed by atoms with Crippen LogP contribution in [0.25, 0.3) is 0 Å². The van der Waals surface area contributed by atoms with Crippen LogP contribution in [0.2, 0.25) is 0 Å². The number of hydrogen-bond donors (Lipinski definition) is 2. The summed E-state index contributed by atoms with van der Waals surface area (Å²) < 4.78 is 20.0. The quantitative estimate of drug-likeness (QED) is 0.429. The summed E-state index contributed by atoms with van der Waals surface area (Å²) in [7, 11) is 0. The van der Waals surface area contributed by atoms with E-state index in [1.54, 1.807) is 0 Å². The highest BCUT2D eigenvalue weighted by Crippen LogP contribution is 2.30. The Bertz CT molecular complexity index is 1230. The summed E-state index contributed by atoms with van der Waals surface area (Å²) in [6.45, 7) is 6.15. The lowest BCUT2D eigenvalue weighted by Crippen LogP contribution is -2.52. The van der Waals surface area contributed by atoms with Crippen LogP contribution in [0.3, 0.4) is 0 Å². The number of benzene rings is 1. The lowest BCUT2D eigenvalue weighted by molar-refractivity contribution is -0.127. The van der Waals surface area contributed by atoms with Gasteiger partial charge in [-0.25, -0.2) is 9.18 Å². The molecule has 2 N–H and O–H groups in total. The second kappa shape index (κ2) is 12.0. The van der Waals surface area contributed by atoms with Crippen LogP contribution in [0.15, 0.2) is 27.4 Å². The highest BCUT2D eigenvalue weighted by atomic mass is 19.1. The van der Waals surface area contributed by atoms with Crippen LogP contribution in [0.1, 0.15) is 92.3 Å². The number of carbonyl (C=O) groups is 3. The third-order valence-corrected chi connectivity index (χ3v) is 7.40. The van der Waals surface area contributed by atoms with Crippen molar-refractivity contribution in [2.45, 2.75) is 90.8 Å². The van der Waals surface area contributed by atoms with Crippen LogP contribution < -0.4 is 16.4 Å². The van der Waals surface area contributed by atoms with Gasteiger partial charge < -0.3 is 15.1 Å². The van der Waals surface area contributed by atoms with E-state index >= 15 is 0 Å². The Balaban J connectivity index is 1.47. The molecule has 3 atom stereocenters. The monoisotopic (exact) mass is 528 g/mol.